The van der Waals surface area contributed by atoms with E-state index in [4.69, 9.17) is 5.73 Å². The van der Waals surface area contributed by atoms with Crippen molar-refractivity contribution in [3.8, 4) is 11.1 Å². The highest BCUT2D eigenvalue weighted by molar-refractivity contribution is 6.07. The summed E-state index contributed by atoms with van der Waals surface area (Å²) in [6, 6.07) is 3.73. The molecule has 0 spiro atoms. The third-order valence-electron chi connectivity index (χ3n) is 3.06. The molecule has 0 saturated heterocycles. The van der Waals surface area contributed by atoms with Gasteiger partial charge in [0.1, 0.15) is 22.8 Å². The fourth-order valence-corrected chi connectivity index (χ4v) is 2.15. The van der Waals surface area contributed by atoms with E-state index in [1.165, 1.54) is 12.1 Å². The molecular formula is C14H11FN2O5. The molecule has 0 aliphatic carbocycles. The lowest BCUT2D eigenvalue weighted by Crippen LogP contribution is -2.24. The van der Waals surface area contributed by atoms with E-state index in [-0.39, 0.29) is 5.56 Å². The number of benzene rings is 1. The summed E-state index contributed by atoms with van der Waals surface area (Å²) in [6.07, 6.45) is 0. The van der Waals surface area contributed by atoms with E-state index in [1.807, 2.05) is 4.98 Å². The lowest BCUT2D eigenvalue weighted by atomic mass is 9.94. The van der Waals surface area contributed by atoms with Crippen molar-refractivity contribution in [1.82, 2.24) is 4.98 Å². The number of hydrogen-bond donors (Lipinski definition) is 4. The maximum absolute atomic E-state index is 14.1. The SMILES string of the molecule is Cc1ccc(F)c(-c2c(C(=O)O)c(N)[nH]c(=O)c2C(=O)O)c1. The van der Waals surface area contributed by atoms with Crippen LogP contribution in [0.1, 0.15) is 26.3 Å². The number of hydrogen-bond acceptors (Lipinski definition) is 4. The summed E-state index contributed by atoms with van der Waals surface area (Å²) in [5.74, 6) is -4.66. The Bertz CT molecular complexity index is 857. The molecule has 5 N–H and O–H groups in total. The number of carbonyl (C=O) groups is 2. The second-order valence-electron chi connectivity index (χ2n) is 4.59. The Kier molecular flexibility index (Phi) is 3.68. The second-order valence-corrected chi connectivity index (χ2v) is 4.59. The highest BCUT2D eigenvalue weighted by Crippen LogP contribution is 2.31. The molecule has 2 rings (SSSR count). The minimum Gasteiger partial charge on any atom is -0.478 e. The van der Waals surface area contributed by atoms with Gasteiger partial charge >= 0.3 is 11.9 Å². The van der Waals surface area contributed by atoms with Crippen molar-refractivity contribution in [2.75, 3.05) is 5.73 Å². The Morgan fingerprint density at radius 3 is 2.32 bits per heavy atom. The topological polar surface area (TPSA) is 133 Å². The number of aromatic carboxylic acids is 2. The minimum absolute atomic E-state index is 0.312. The number of nitrogen functional groups attached to an aromatic ring is 1. The van der Waals surface area contributed by atoms with E-state index in [0.29, 0.717) is 5.56 Å². The number of aromatic amines is 1. The summed E-state index contributed by atoms with van der Waals surface area (Å²) in [6.45, 7) is 1.61. The Labute approximate surface area is 122 Å². The van der Waals surface area contributed by atoms with E-state index in [0.717, 1.165) is 6.07 Å². The fraction of sp³-hybridized carbons (Fsp3) is 0.0714. The van der Waals surface area contributed by atoms with Crippen LogP contribution in [0.3, 0.4) is 0 Å². The molecule has 0 aliphatic heterocycles. The number of nitrogens with two attached hydrogens (primary N) is 1. The van der Waals surface area contributed by atoms with Crippen molar-refractivity contribution in [1.29, 1.82) is 0 Å². The number of nitrogens with one attached hydrogen (secondary N) is 1. The van der Waals surface area contributed by atoms with Gasteiger partial charge in [-0.15, -0.1) is 0 Å². The van der Waals surface area contributed by atoms with Gasteiger partial charge in [0, 0.05) is 11.1 Å². The Balaban J connectivity index is 3.06. The van der Waals surface area contributed by atoms with Crippen LogP contribution in [0, 0.1) is 12.7 Å². The van der Waals surface area contributed by atoms with Crippen molar-refractivity contribution in [3.63, 3.8) is 0 Å². The van der Waals surface area contributed by atoms with Crippen LogP contribution in [-0.4, -0.2) is 27.1 Å². The zero-order valence-electron chi connectivity index (χ0n) is 11.3. The van der Waals surface area contributed by atoms with Crippen LogP contribution >= 0.6 is 0 Å². The van der Waals surface area contributed by atoms with Gasteiger partial charge in [-0.05, 0) is 19.1 Å². The average Bonchev–Trinajstić information content (AvgIpc) is 2.39. The van der Waals surface area contributed by atoms with Gasteiger partial charge in [-0.25, -0.2) is 14.0 Å². The number of carboxylic acids is 2. The molecule has 22 heavy (non-hydrogen) atoms. The van der Waals surface area contributed by atoms with Crippen LogP contribution < -0.4 is 11.3 Å². The number of H-pyrrole nitrogens is 1. The Hall–Kier alpha value is -3.16. The average molecular weight is 306 g/mol. The van der Waals surface area contributed by atoms with Gasteiger partial charge in [0.05, 0.1) is 0 Å². The first-order valence-corrected chi connectivity index (χ1v) is 6.03. The number of aromatic nitrogens is 1. The number of carboxylic acid groups (broad SMARTS) is 2. The van der Waals surface area contributed by atoms with Gasteiger partial charge < -0.3 is 20.9 Å². The number of halogens is 1. The molecule has 114 valence electrons. The third-order valence-corrected chi connectivity index (χ3v) is 3.06. The maximum atomic E-state index is 14.1. The molecule has 0 radical (unpaired) electrons. The standard InChI is InChI=1S/C14H11FN2O5/c1-5-2-3-7(15)6(4-5)8-9(13(19)20)11(16)17-12(18)10(8)14(21)22/h2-4H,1H3,(H,19,20)(H,21,22)(H3,16,17,18). The second kappa shape index (κ2) is 5.32. The summed E-state index contributed by atoms with van der Waals surface area (Å²) >= 11 is 0. The minimum atomic E-state index is -1.68. The van der Waals surface area contributed by atoms with Gasteiger partial charge in [-0.2, -0.15) is 0 Å². The van der Waals surface area contributed by atoms with E-state index in [1.54, 1.807) is 6.92 Å². The highest BCUT2D eigenvalue weighted by atomic mass is 19.1. The van der Waals surface area contributed by atoms with E-state index < -0.39 is 45.8 Å². The summed E-state index contributed by atoms with van der Waals surface area (Å²) in [5, 5.41) is 18.4. The van der Waals surface area contributed by atoms with Crippen LogP contribution in [0.25, 0.3) is 11.1 Å². The van der Waals surface area contributed by atoms with Gasteiger partial charge in [-0.1, -0.05) is 11.6 Å². The van der Waals surface area contributed by atoms with Crippen LogP contribution in [-0.2, 0) is 0 Å². The van der Waals surface area contributed by atoms with Crippen molar-refractivity contribution in [3.05, 3.63) is 51.1 Å². The lowest BCUT2D eigenvalue weighted by molar-refractivity contribution is 0.0695. The first-order chi connectivity index (χ1) is 10.2. The summed E-state index contributed by atoms with van der Waals surface area (Å²) < 4.78 is 14.1. The molecular weight excluding hydrogens is 295 g/mol. The predicted molar refractivity (Wildman–Crippen MR) is 75.5 cm³/mol. The van der Waals surface area contributed by atoms with Crippen molar-refractivity contribution in [2.24, 2.45) is 0 Å². The molecule has 7 nitrogen and oxygen atoms in total. The zero-order valence-corrected chi connectivity index (χ0v) is 11.3. The molecule has 0 atom stereocenters. The van der Waals surface area contributed by atoms with Crippen LogP contribution in [0.15, 0.2) is 23.0 Å². The van der Waals surface area contributed by atoms with Gasteiger partial charge in [0.2, 0.25) is 0 Å². The maximum Gasteiger partial charge on any atom is 0.342 e. The first kappa shape index (κ1) is 15.2. The molecule has 1 aromatic heterocycles. The Morgan fingerprint density at radius 2 is 1.77 bits per heavy atom. The van der Waals surface area contributed by atoms with Crippen LogP contribution in [0.2, 0.25) is 0 Å². The lowest BCUT2D eigenvalue weighted by Gasteiger charge is -2.13. The number of pyridine rings is 1. The fourth-order valence-electron chi connectivity index (χ4n) is 2.15. The smallest absolute Gasteiger partial charge is 0.342 e. The predicted octanol–water partition coefficient (Wildman–Crippen LogP) is 1.47. The molecule has 2 aromatic rings. The zero-order chi connectivity index (χ0) is 16.6. The Morgan fingerprint density at radius 1 is 1.18 bits per heavy atom. The molecule has 0 saturated carbocycles. The number of aryl methyl sites for hydroxylation is 1. The summed E-state index contributed by atoms with van der Waals surface area (Å²) in [4.78, 5) is 36.5. The quantitative estimate of drug-likeness (QED) is 0.678. The van der Waals surface area contributed by atoms with Crippen molar-refractivity contribution >= 4 is 17.8 Å². The van der Waals surface area contributed by atoms with Crippen molar-refractivity contribution in [2.45, 2.75) is 6.92 Å². The number of anilines is 1. The first-order valence-electron chi connectivity index (χ1n) is 6.03. The monoisotopic (exact) mass is 306 g/mol. The molecule has 0 amide bonds. The van der Waals surface area contributed by atoms with E-state index in [2.05, 4.69) is 0 Å². The highest BCUT2D eigenvalue weighted by Gasteiger charge is 2.28. The van der Waals surface area contributed by atoms with Gasteiger partial charge in [0.15, 0.2) is 0 Å². The third kappa shape index (κ3) is 2.41. The molecule has 1 heterocycles. The molecule has 0 unspecified atom stereocenters. The molecule has 0 fully saturated rings. The largest absolute Gasteiger partial charge is 0.478 e. The van der Waals surface area contributed by atoms with Gasteiger partial charge in [-0.3, -0.25) is 4.79 Å². The van der Waals surface area contributed by atoms with Gasteiger partial charge in [0.25, 0.3) is 5.56 Å². The molecule has 8 heteroatoms. The van der Waals surface area contributed by atoms with Crippen LogP contribution in [0.5, 0.6) is 0 Å². The van der Waals surface area contributed by atoms with E-state index in [9.17, 15) is 29.0 Å². The van der Waals surface area contributed by atoms with Crippen LogP contribution in [0.4, 0.5) is 10.2 Å². The summed E-state index contributed by atoms with van der Waals surface area (Å²) in [5.41, 5.74) is 2.51. The van der Waals surface area contributed by atoms with Crippen molar-refractivity contribution < 1.29 is 24.2 Å². The summed E-state index contributed by atoms with van der Waals surface area (Å²) in [7, 11) is 0. The molecule has 0 bridgehead atoms. The normalized spacial score (nSPS) is 10.5. The number of rotatable bonds is 3. The molecule has 0 aliphatic rings. The molecule has 1 aromatic carbocycles. The van der Waals surface area contributed by atoms with E-state index >= 15 is 0 Å².